The number of nitrogens with one attached hydrogen (secondary N) is 1. The summed E-state index contributed by atoms with van der Waals surface area (Å²) in [4.78, 5) is 28.5. The highest BCUT2D eigenvalue weighted by Crippen LogP contribution is 2.18. The molecule has 26 heavy (non-hydrogen) atoms. The van der Waals surface area contributed by atoms with Gasteiger partial charge < -0.3 is 15.0 Å². The molecule has 0 saturated carbocycles. The van der Waals surface area contributed by atoms with Crippen LogP contribution in [0.25, 0.3) is 0 Å². The maximum absolute atomic E-state index is 12.3. The van der Waals surface area contributed by atoms with Crippen molar-refractivity contribution in [1.29, 1.82) is 0 Å². The number of carbonyl (C=O) groups is 2. The van der Waals surface area contributed by atoms with E-state index in [1.165, 1.54) is 0 Å². The maximum atomic E-state index is 12.3. The van der Waals surface area contributed by atoms with E-state index in [9.17, 15) is 9.59 Å². The molecular weight excluding hydrogens is 330 g/mol. The average molecular weight is 361 g/mol. The van der Waals surface area contributed by atoms with E-state index in [2.05, 4.69) is 10.2 Å². The molecule has 0 aromatic heterocycles. The minimum atomic E-state index is -0.350. The number of ether oxygens (including phenoxy) is 1. The Morgan fingerprint density at radius 2 is 1.77 bits per heavy atom. The lowest BCUT2D eigenvalue weighted by Crippen LogP contribution is -2.53. The van der Waals surface area contributed by atoms with Gasteiger partial charge >= 0.3 is 0 Å². The van der Waals surface area contributed by atoms with Gasteiger partial charge in [0.15, 0.2) is 0 Å². The SMILES string of the molecule is COCc1cccc(CNC(=O)CN2CCN(C(=O)C(C)(C)C)CC2)c1. The van der Waals surface area contributed by atoms with Crippen molar-refractivity contribution in [2.75, 3.05) is 39.8 Å². The summed E-state index contributed by atoms with van der Waals surface area (Å²) in [6, 6.07) is 8.02. The number of methoxy groups -OCH3 is 1. The Morgan fingerprint density at radius 3 is 2.38 bits per heavy atom. The van der Waals surface area contributed by atoms with Crippen LogP contribution in [0.5, 0.6) is 0 Å². The second-order valence-corrected chi connectivity index (χ2v) is 7.85. The maximum Gasteiger partial charge on any atom is 0.234 e. The molecule has 1 aliphatic heterocycles. The first-order valence-electron chi connectivity index (χ1n) is 9.15. The molecule has 0 atom stereocenters. The Balaban J connectivity index is 1.74. The minimum Gasteiger partial charge on any atom is -0.380 e. The van der Waals surface area contributed by atoms with Crippen LogP contribution < -0.4 is 5.32 Å². The molecule has 0 unspecified atom stereocenters. The smallest absolute Gasteiger partial charge is 0.234 e. The van der Waals surface area contributed by atoms with Gasteiger partial charge in [-0.3, -0.25) is 14.5 Å². The molecule has 1 fully saturated rings. The zero-order valence-electron chi connectivity index (χ0n) is 16.4. The molecule has 0 bridgehead atoms. The predicted octanol–water partition coefficient (Wildman–Crippen LogP) is 1.64. The Morgan fingerprint density at radius 1 is 1.12 bits per heavy atom. The van der Waals surface area contributed by atoms with Crippen LogP contribution in [0.1, 0.15) is 31.9 Å². The molecular formula is C20H31N3O3. The standard InChI is InChI=1S/C20H31N3O3/c1-20(2,3)19(25)23-10-8-22(9-11-23)14-18(24)21-13-16-6-5-7-17(12-16)15-26-4/h5-7,12H,8-11,13-15H2,1-4H3,(H,21,24). The Bertz CT molecular complexity index is 617. The number of carbonyl (C=O) groups excluding carboxylic acids is 2. The number of benzene rings is 1. The summed E-state index contributed by atoms with van der Waals surface area (Å²) >= 11 is 0. The monoisotopic (exact) mass is 361 g/mol. The van der Waals surface area contributed by atoms with Crippen molar-refractivity contribution < 1.29 is 14.3 Å². The van der Waals surface area contributed by atoms with E-state index in [4.69, 9.17) is 4.74 Å². The Kier molecular flexibility index (Phi) is 7.17. The van der Waals surface area contributed by atoms with Crippen LogP contribution >= 0.6 is 0 Å². The molecule has 0 aliphatic carbocycles. The van der Waals surface area contributed by atoms with Crippen LogP contribution in [0.3, 0.4) is 0 Å². The first kappa shape index (κ1) is 20.4. The summed E-state index contributed by atoms with van der Waals surface area (Å²) < 4.78 is 5.13. The zero-order valence-corrected chi connectivity index (χ0v) is 16.4. The number of hydrogen-bond donors (Lipinski definition) is 1. The van der Waals surface area contributed by atoms with Crippen molar-refractivity contribution in [2.45, 2.75) is 33.9 Å². The molecule has 1 aromatic carbocycles. The summed E-state index contributed by atoms with van der Waals surface area (Å²) in [6.45, 7) is 10.1. The summed E-state index contributed by atoms with van der Waals surface area (Å²) in [6.07, 6.45) is 0. The highest BCUT2D eigenvalue weighted by molar-refractivity contribution is 5.81. The second-order valence-electron chi connectivity index (χ2n) is 7.85. The van der Waals surface area contributed by atoms with Crippen LogP contribution in [-0.4, -0.2) is 61.4 Å². The third kappa shape index (κ3) is 6.11. The molecule has 1 saturated heterocycles. The number of nitrogens with zero attached hydrogens (tertiary/aromatic N) is 2. The third-order valence-corrected chi connectivity index (χ3v) is 4.46. The fourth-order valence-electron chi connectivity index (χ4n) is 3.04. The Labute approximate surface area is 156 Å². The topological polar surface area (TPSA) is 61.9 Å². The van der Waals surface area contributed by atoms with Crippen LogP contribution in [0.4, 0.5) is 0 Å². The van der Waals surface area contributed by atoms with Crippen LogP contribution in [0.2, 0.25) is 0 Å². The first-order chi connectivity index (χ1) is 12.3. The number of amides is 2. The van der Waals surface area contributed by atoms with Gasteiger partial charge in [-0.1, -0.05) is 45.0 Å². The summed E-state index contributed by atoms with van der Waals surface area (Å²) in [7, 11) is 1.67. The fraction of sp³-hybridized carbons (Fsp3) is 0.600. The van der Waals surface area contributed by atoms with Crippen LogP contribution in [0.15, 0.2) is 24.3 Å². The highest BCUT2D eigenvalue weighted by Gasteiger charge is 2.29. The molecule has 0 spiro atoms. The van der Waals surface area contributed by atoms with Crippen molar-refractivity contribution in [1.82, 2.24) is 15.1 Å². The van der Waals surface area contributed by atoms with E-state index < -0.39 is 0 Å². The van der Waals surface area contributed by atoms with Gasteiger partial charge in [-0.2, -0.15) is 0 Å². The van der Waals surface area contributed by atoms with Crippen LogP contribution in [0, 0.1) is 5.41 Å². The molecule has 1 aromatic rings. The van der Waals surface area contributed by atoms with Crippen molar-refractivity contribution in [3.05, 3.63) is 35.4 Å². The van der Waals surface area contributed by atoms with Crippen molar-refractivity contribution in [3.8, 4) is 0 Å². The molecule has 0 radical (unpaired) electrons. The first-order valence-corrected chi connectivity index (χ1v) is 9.15. The van der Waals surface area contributed by atoms with Gasteiger partial charge in [-0.25, -0.2) is 0 Å². The quantitative estimate of drug-likeness (QED) is 0.837. The predicted molar refractivity (Wildman–Crippen MR) is 101 cm³/mol. The average Bonchev–Trinajstić information content (AvgIpc) is 2.60. The normalized spacial score (nSPS) is 15.8. The van der Waals surface area contributed by atoms with E-state index in [1.54, 1.807) is 7.11 Å². The molecule has 2 rings (SSSR count). The van der Waals surface area contributed by atoms with Gasteiger partial charge in [0.2, 0.25) is 11.8 Å². The molecule has 1 heterocycles. The fourth-order valence-corrected chi connectivity index (χ4v) is 3.04. The lowest BCUT2D eigenvalue weighted by Gasteiger charge is -2.37. The van der Waals surface area contributed by atoms with Crippen LogP contribution in [-0.2, 0) is 27.5 Å². The Hall–Kier alpha value is -1.92. The van der Waals surface area contributed by atoms with E-state index >= 15 is 0 Å². The minimum absolute atomic E-state index is 0.0118. The summed E-state index contributed by atoms with van der Waals surface area (Å²) in [5.74, 6) is 0.190. The lowest BCUT2D eigenvalue weighted by molar-refractivity contribution is -0.141. The lowest BCUT2D eigenvalue weighted by atomic mass is 9.94. The summed E-state index contributed by atoms with van der Waals surface area (Å²) in [5.41, 5.74) is 1.81. The number of rotatable bonds is 6. The molecule has 6 heteroatoms. The van der Waals surface area contributed by atoms with Gasteiger partial charge in [0.1, 0.15) is 0 Å². The molecule has 144 valence electrons. The number of piperazine rings is 1. The van der Waals surface area contributed by atoms with E-state index in [0.717, 1.165) is 24.2 Å². The van der Waals surface area contributed by atoms with E-state index in [0.29, 0.717) is 32.8 Å². The molecule has 1 N–H and O–H groups in total. The third-order valence-electron chi connectivity index (χ3n) is 4.46. The van der Waals surface area contributed by atoms with Gasteiger partial charge in [-0.15, -0.1) is 0 Å². The van der Waals surface area contributed by atoms with Gasteiger partial charge in [0.25, 0.3) is 0 Å². The van der Waals surface area contributed by atoms with E-state index in [-0.39, 0.29) is 17.2 Å². The summed E-state index contributed by atoms with van der Waals surface area (Å²) in [5, 5.41) is 2.97. The van der Waals surface area contributed by atoms with Gasteiger partial charge in [0, 0.05) is 45.2 Å². The zero-order chi connectivity index (χ0) is 19.2. The molecule has 1 aliphatic rings. The van der Waals surface area contributed by atoms with Crippen molar-refractivity contribution in [2.24, 2.45) is 5.41 Å². The molecule has 6 nitrogen and oxygen atoms in total. The van der Waals surface area contributed by atoms with E-state index in [1.807, 2.05) is 49.9 Å². The van der Waals surface area contributed by atoms with Crippen molar-refractivity contribution >= 4 is 11.8 Å². The second kappa shape index (κ2) is 9.14. The number of hydrogen-bond acceptors (Lipinski definition) is 4. The largest absolute Gasteiger partial charge is 0.380 e. The van der Waals surface area contributed by atoms with Crippen molar-refractivity contribution in [3.63, 3.8) is 0 Å². The molecule has 2 amide bonds. The van der Waals surface area contributed by atoms with Gasteiger partial charge in [-0.05, 0) is 11.1 Å². The highest BCUT2D eigenvalue weighted by atomic mass is 16.5. The van der Waals surface area contributed by atoms with Gasteiger partial charge in [0.05, 0.1) is 13.2 Å².